The summed E-state index contributed by atoms with van der Waals surface area (Å²) in [5.74, 6) is -1.47. The first-order valence-corrected chi connectivity index (χ1v) is 8.73. The van der Waals surface area contributed by atoms with E-state index in [4.69, 9.17) is 9.47 Å². The Hall–Kier alpha value is -2.15. The second kappa shape index (κ2) is 7.61. The molecule has 0 bridgehead atoms. The molecule has 6 nitrogen and oxygen atoms in total. The molecule has 0 atom stereocenters. The number of likely N-dealkylation sites (tertiary alicyclic amines) is 1. The molecule has 1 fully saturated rings. The van der Waals surface area contributed by atoms with Crippen molar-refractivity contribution in [1.29, 1.82) is 0 Å². The Balaban J connectivity index is 2.07. The molecular formula is C19H26FNO5. The summed E-state index contributed by atoms with van der Waals surface area (Å²) in [7, 11) is 0. The van der Waals surface area contributed by atoms with Crippen LogP contribution in [0.15, 0.2) is 18.2 Å². The van der Waals surface area contributed by atoms with Crippen LogP contribution in [-0.2, 0) is 15.1 Å². The number of aliphatic hydroxyl groups is 1. The highest BCUT2D eigenvalue weighted by atomic mass is 19.1. The summed E-state index contributed by atoms with van der Waals surface area (Å²) in [4.78, 5) is 25.3. The molecule has 144 valence electrons. The lowest BCUT2D eigenvalue weighted by Crippen LogP contribution is -2.46. The molecule has 1 aliphatic rings. The number of rotatable bonds is 3. The van der Waals surface area contributed by atoms with E-state index in [1.807, 2.05) is 0 Å². The minimum atomic E-state index is -1.26. The molecule has 7 heteroatoms. The molecule has 26 heavy (non-hydrogen) atoms. The Kier molecular flexibility index (Phi) is 5.91. The number of benzene rings is 1. The number of piperidine rings is 1. The fourth-order valence-corrected chi connectivity index (χ4v) is 2.85. The Labute approximate surface area is 152 Å². The van der Waals surface area contributed by atoms with E-state index in [1.54, 1.807) is 27.7 Å². The van der Waals surface area contributed by atoms with E-state index >= 15 is 0 Å². The molecule has 0 saturated carbocycles. The fraction of sp³-hybridized carbons (Fsp3) is 0.579. The van der Waals surface area contributed by atoms with E-state index in [0.717, 1.165) is 6.07 Å². The quantitative estimate of drug-likeness (QED) is 0.830. The van der Waals surface area contributed by atoms with Gasteiger partial charge in [-0.2, -0.15) is 0 Å². The van der Waals surface area contributed by atoms with E-state index in [0.29, 0.717) is 18.7 Å². The van der Waals surface area contributed by atoms with Gasteiger partial charge < -0.3 is 19.5 Å². The number of amides is 1. The van der Waals surface area contributed by atoms with Crippen LogP contribution < -0.4 is 0 Å². The van der Waals surface area contributed by atoms with Crippen molar-refractivity contribution in [1.82, 2.24) is 4.90 Å². The van der Waals surface area contributed by atoms with Gasteiger partial charge >= 0.3 is 12.1 Å². The molecule has 1 amide bonds. The second-order valence-corrected chi connectivity index (χ2v) is 7.41. The van der Waals surface area contributed by atoms with Crippen molar-refractivity contribution in [2.45, 2.75) is 51.7 Å². The van der Waals surface area contributed by atoms with Crippen molar-refractivity contribution in [3.63, 3.8) is 0 Å². The normalized spacial score (nSPS) is 16.9. The van der Waals surface area contributed by atoms with Gasteiger partial charge in [0.15, 0.2) is 0 Å². The van der Waals surface area contributed by atoms with Crippen LogP contribution in [0.25, 0.3) is 0 Å². The van der Waals surface area contributed by atoms with Gasteiger partial charge in [0.25, 0.3) is 0 Å². The first-order valence-electron chi connectivity index (χ1n) is 8.73. The summed E-state index contributed by atoms with van der Waals surface area (Å²) in [6.45, 7) is 7.77. The van der Waals surface area contributed by atoms with Crippen LogP contribution in [0.5, 0.6) is 0 Å². The molecule has 1 heterocycles. The van der Waals surface area contributed by atoms with Crippen LogP contribution in [0.2, 0.25) is 0 Å². The van der Waals surface area contributed by atoms with Gasteiger partial charge in [-0.25, -0.2) is 14.0 Å². The maximum absolute atomic E-state index is 14.2. The van der Waals surface area contributed by atoms with Gasteiger partial charge in [0, 0.05) is 13.1 Å². The van der Waals surface area contributed by atoms with Gasteiger partial charge in [-0.1, -0.05) is 6.07 Å². The number of nitrogens with zero attached hydrogens (tertiary/aromatic N) is 1. The lowest BCUT2D eigenvalue weighted by molar-refractivity contribution is -0.0358. The lowest BCUT2D eigenvalue weighted by Gasteiger charge is -2.39. The van der Waals surface area contributed by atoms with Crippen LogP contribution in [0, 0.1) is 5.82 Å². The summed E-state index contributed by atoms with van der Waals surface area (Å²) in [6, 6.07) is 4.01. The summed E-state index contributed by atoms with van der Waals surface area (Å²) in [5, 5.41) is 10.9. The maximum atomic E-state index is 14.2. The van der Waals surface area contributed by atoms with Gasteiger partial charge in [0.2, 0.25) is 0 Å². The highest BCUT2D eigenvalue weighted by molar-refractivity contribution is 5.89. The molecular weight excluding hydrogens is 341 g/mol. The number of hydrogen-bond acceptors (Lipinski definition) is 5. The molecule has 2 rings (SSSR count). The molecule has 0 unspecified atom stereocenters. The molecule has 0 aliphatic carbocycles. The SMILES string of the molecule is CCOC(=O)c1ccc(C2(O)CCN(C(=O)OC(C)(C)C)CC2)cc1F. The smallest absolute Gasteiger partial charge is 0.410 e. The van der Waals surface area contributed by atoms with Crippen LogP contribution in [0.1, 0.15) is 56.5 Å². The average Bonchev–Trinajstić information content (AvgIpc) is 2.54. The van der Waals surface area contributed by atoms with Crippen molar-refractivity contribution < 1.29 is 28.6 Å². The third-order valence-corrected chi connectivity index (χ3v) is 4.24. The van der Waals surface area contributed by atoms with Crippen LogP contribution in [-0.4, -0.2) is 47.4 Å². The molecule has 1 aromatic rings. The zero-order valence-corrected chi connectivity index (χ0v) is 15.7. The van der Waals surface area contributed by atoms with Crippen molar-refractivity contribution in [3.8, 4) is 0 Å². The number of hydrogen-bond donors (Lipinski definition) is 1. The molecule has 1 aromatic carbocycles. The van der Waals surface area contributed by atoms with Crippen LogP contribution >= 0.6 is 0 Å². The Morgan fingerprint density at radius 3 is 2.38 bits per heavy atom. The van der Waals surface area contributed by atoms with E-state index in [1.165, 1.54) is 17.0 Å². The highest BCUT2D eigenvalue weighted by Gasteiger charge is 2.37. The minimum absolute atomic E-state index is 0.157. The maximum Gasteiger partial charge on any atom is 0.410 e. The molecule has 1 N–H and O–H groups in total. The molecule has 1 aliphatic heterocycles. The predicted octanol–water partition coefficient (Wildman–Crippen LogP) is 3.22. The number of esters is 1. The Morgan fingerprint density at radius 2 is 1.88 bits per heavy atom. The molecule has 0 spiro atoms. The van der Waals surface area contributed by atoms with Crippen molar-refractivity contribution in [2.24, 2.45) is 0 Å². The number of carbonyl (C=O) groups excluding carboxylic acids is 2. The summed E-state index contributed by atoms with van der Waals surface area (Å²) in [5.41, 5.74) is -1.62. The summed E-state index contributed by atoms with van der Waals surface area (Å²) >= 11 is 0. The Bertz CT molecular complexity index is 675. The van der Waals surface area contributed by atoms with Crippen molar-refractivity contribution in [3.05, 3.63) is 35.1 Å². The zero-order chi connectivity index (χ0) is 19.5. The zero-order valence-electron chi connectivity index (χ0n) is 15.7. The topological polar surface area (TPSA) is 76.1 Å². The first kappa shape index (κ1) is 20.2. The van der Waals surface area contributed by atoms with Gasteiger partial charge in [-0.3, -0.25) is 0 Å². The van der Waals surface area contributed by atoms with E-state index in [-0.39, 0.29) is 25.0 Å². The minimum Gasteiger partial charge on any atom is -0.462 e. The van der Waals surface area contributed by atoms with E-state index < -0.39 is 29.1 Å². The van der Waals surface area contributed by atoms with Gasteiger partial charge in [-0.05, 0) is 58.2 Å². The second-order valence-electron chi connectivity index (χ2n) is 7.41. The largest absolute Gasteiger partial charge is 0.462 e. The van der Waals surface area contributed by atoms with Gasteiger partial charge in [0.1, 0.15) is 11.4 Å². The monoisotopic (exact) mass is 367 g/mol. The van der Waals surface area contributed by atoms with Crippen molar-refractivity contribution >= 4 is 12.1 Å². The predicted molar refractivity (Wildman–Crippen MR) is 93.3 cm³/mol. The molecule has 1 saturated heterocycles. The summed E-state index contributed by atoms with van der Waals surface area (Å²) in [6.07, 6.45) is 0.0814. The third-order valence-electron chi connectivity index (χ3n) is 4.24. The number of carbonyl (C=O) groups is 2. The standard InChI is InChI=1S/C19H26FNO5/c1-5-25-16(22)14-7-6-13(12-15(14)20)19(24)8-10-21(11-9-19)17(23)26-18(2,3)4/h6-7,12,24H,5,8-11H2,1-4H3. The number of ether oxygens (including phenoxy) is 2. The van der Waals surface area contributed by atoms with E-state index in [9.17, 15) is 19.1 Å². The third kappa shape index (κ3) is 4.72. The van der Waals surface area contributed by atoms with E-state index in [2.05, 4.69) is 0 Å². The first-order chi connectivity index (χ1) is 12.1. The fourth-order valence-electron chi connectivity index (χ4n) is 2.85. The Morgan fingerprint density at radius 1 is 1.27 bits per heavy atom. The molecule has 0 aromatic heterocycles. The average molecular weight is 367 g/mol. The summed E-state index contributed by atoms with van der Waals surface area (Å²) < 4.78 is 24.4. The van der Waals surface area contributed by atoms with Gasteiger partial charge in [0.05, 0.1) is 17.8 Å². The molecule has 0 radical (unpaired) electrons. The van der Waals surface area contributed by atoms with Gasteiger partial charge in [-0.15, -0.1) is 0 Å². The van der Waals surface area contributed by atoms with Crippen molar-refractivity contribution in [2.75, 3.05) is 19.7 Å². The lowest BCUT2D eigenvalue weighted by atomic mass is 9.84. The number of halogens is 1. The van der Waals surface area contributed by atoms with Crippen LogP contribution in [0.3, 0.4) is 0 Å². The highest BCUT2D eigenvalue weighted by Crippen LogP contribution is 2.34. The van der Waals surface area contributed by atoms with Crippen LogP contribution in [0.4, 0.5) is 9.18 Å².